The van der Waals surface area contributed by atoms with Crippen LogP contribution in [0.25, 0.3) is 16.9 Å². The summed E-state index contributed by atoms with van der Waals surface area (Å²) in [5, 5.41) is 0. The number of carbonyl (C=O) groups is 2. The fourth-order valence-electron chi connectivity index (χ4n) is 3.57. The third kappa shape index (κ3) is 3.83. The van der Waals surface area contributed by atoms with Gasteiger partial charge in [0.2, 0.25) is 0 Å². The molecule has 4 rings (SSSR count). The number of hydrogen-bond donors (Lipinski definition) is 0. The van der Waals surface area contributed by atoms with Crippen LogP contribution in [0.15, 0.2) is 42.9 Å². The summed E-state index contributed by atoms with van der Waals surface area (Å²) in [5.41, 5.74) is 2.14. The van der Waals surface area contributed by atoms with Crippen molar-refractivity contribution in [3.05, 3.63) is 54.4 Å². The smallest absolute Gasteiger partial charge is 0.309 e. The van der Waals surface area contributed by atoms with Gasteiger partial charge >= 0.3 is 5.97 Å². The Morgan fingerprint density at radius 3 is 2.62 bits per heavy atom. The van der Waals surface area contributed by atoms with Crippen molar-refractivity contribution in [2.45, 2.75) is 19.8 Å². The molecule has 0 bridgehead atoms. The lowest BCUT2D eigenvalue weighted by Gasteiger charge is -2.30. The van der Waals surface area contributed by atoms with Gasteiger partial charge in [-0.15, -0.1) is 0 Å². The molecule has 1 fully saturated rings. The van der Waals surface area contributed by atoms with Crippen molar-refractivity contribution in [2.75, 3.05) is 19.7 Å². The molecule has 3 aromatic rings. The Bertz CT molecular complexity index is 1040. The maximum atomic E-state index is 13.2. The highest BCUT2D eigenvalue weighted by Crippen LogP contribution is 2.24. The van der Waals surface area contributed by atoms with Crippen molar-refractivity contribution < 1.29 is 18.7 Å². The fourth-order valence-corrected chi connectivity index (χ4v) is 3.57. The van der Waals surface area contributed by atoms with Gasteiger partial charge in [0.1, 0.15) is 17.2 Å². The van der Waals surface area contributed by atoms with E-state index < -0.39 is 0 Å². The van der Waals surface area contributed by atoms with Crippen molar-refractivity contribution in [1.29, 1.82) is 0 Å². The molecular formula is C21H21FN4O3. The second-order valence-corrected chi connectivity index (χ2v) is 6.96. The van der Waals surface area contributed by atoms with Gasteiger partial charge in [-0.1, -0.05) is 0 Å². The molecule has 1 aromatic carbocycles. The average molecular weight is 396 g/mol. The number of rotatable bonds is 4. The zero-order chi connectivity index (χ0) is 20.4. The summed E-state index contributed by atoms with van der Waals surface area (Å²) in [4.78, 5) is 35.4. The van der Waals surface area contributed by atoms with E-state index in [1.165, 1.54) is 12.1 Å². The number of amides is 1. The van der Waals surface area contributed by atoms with E-state index in [0.29, 0.717) is 49.6 Å². The Kier molecular flexibility index (Phi) is 5.24. The summed E-state index contributed by atoms with van der Waals surface area (Å²) in [7, 11) is 0. The largest absolute Gasteiger partial charge is 0.466 e. The number of halogens is 1. The minimum atomic E-state index is -0.328. The molecule has 7 nitrogen and oxygen atoms in total. The van der Waals surface area contributed by atoms with Crippen LogP contribution in [0, 0.1) is 11.7 Å². The number of nitrogens with zero attached hydrogens (tertiary/aromatic N) is 4. The van der Waals surface area contributed by atoms with Crippen LogP contribution in [0.4, 0.5) is 4.39 Å². The Labute approximate surface area is 167 Å². The van der Waals surface area contributed by atoms with Gasteiger partial charge in [0.05, 0.1) is 12.5 Å². The van der Waals surface area contributed by atoms with Gasteiger partial charge in [0.25, 0.3) is 5.91 Å². The van der Waals surface area contributed by atoms with Crippen molar-refractivity contribution in [3.63, 3.8) is 0 Å². The van der Waals surface area contributed by atoms with Crippen LogP contribution in [-0.2, 0) is 9.53 Å². The standard InChI is InChI=1S/C21H21FN4O3/c1-2-29-21(28)15-7-10-25(11-8-15)20(27)17-13-26-12-9-23-18(19(26)24-17)14-3-5-16(22)6-4-14/h3-6,9,12-13,15H,2,7-8,10-11H2,1H3. The van der Waals surface area contributed by atoms with Gasteiger partial charge in [-0.3, -0.25) is 14.6 Å². The number of benzene rings is 1. The molecule has 1 saturated heterocycles. The van der Waals surface area contributed by atoms with E-state index in [4.69, 9.17) is 4.74 Å². The van der Waals surface area contributed by atoms with E-state index in [9.17, 15) is 14.0 Å². The van der Waals surface area contributed by atoms with E-state index in [2.05, 4.69) is 9.97 Å². The third-order valence-electron chi connectivity index (χ3n) is 5.11. The first-order valence-electron chi connectivity index (χ1n) is 9.62. The molecule has 0 spiro atoms. The number of fused-ring (bicyclic) bond motifs is 1. The summed E-state index contributed by atoms with van der Waals surface area (Å²) >= 11 is 0. The van der Waals surface area contributed by atoms with Crippen molar-refractivity contribution in [1.82, 2.24) is 19.3 Å². The number of likely N-dealkylation sites (tertiary alicyclic amines) is 1. The fraction of sp³-hybridized carbons (Fsp3) is 0.333. The van der Waals surface area contributed by atoms with Crippen molar-refractivity contribution in [3.8, 4) is 11.3 Å². The zero-order valence-electron chi connectivity index (χ0n) is 16.0. The topological polar surface area (TPSA) is 76.8 Å². The quantitative estimate of drug-likeness (QED) is 0.634. The molecule has 0 N–H and O–H groups in total. The number of esters is 1. The summed E-state index contributed by atoms with van der Waals surface area (Å²) in [6, 6.07) is 5.99. The number of hydrogen-bond acceptors (Lipinski definition) is 5. The molecule has 8 heteroatoms. The lowest BCUT2D eigenvalue weighted by atomic mass is 9.97. The lowest BCUT2D eigenvalue weighted by Crippen LogP contribution is -2.40. The van der Waals surface area contributed by atoms with E-state index in [1.54, 1.807) is 46.9 Å². The number of carbonyl (C=O) groups excluding carboxylic acids is 2. The van der Waals surface area contributed by atoms with Crippen LogP contribution in [0.5, 0.6) is 0 Å². The van der Waals surface area contributed by atoms with Crippen LogP contribution in [0.1, 0.15) is 30.3 Å². The molecule has 1 amide bonds. The molecule has 1 aliphatic heterocycles. The number of imidazole rings is 1. The van der Waals surface area contributed by atoms with E-state index in [1.807, 2.05) is 0 Å². The van der Waals surface area contributed by atoms with Crippen molar-refractivity contribution >= 4 is 17.5 Å². The third-order valence-corrected chi connectivity index (χ3v) is 5.11. The Morgan fingerprint density at radius 2 is 1.93 bits per heavy atom. The van der Waals surface area contributed by atoms with E-state index in [-0.39, 0.29) is 23.6 Å². The number of aromatic nitrogens is 3. The number of piperidine rings is 1. The SMILES string of the molecule is CCOC(=O)C1CCN(C(=O)c2cn3ccnc(-c4ccc(F)cc4)c3n2)CC1. The van der Waals surface area contributed by atoms with Crippen LogP contribution in [0.3, 0.4) is 0 Å². The molecule has 0 aliphatic carbocycles. The highest BCUT2D eigenvalue weighted by molar-refractivity contribution is 5.94. The normalized spacial score (nSPS) is 14.9. The first-order valence-corrected chi connectivity index (χ1v) is 9.62. The molecule has 0 unspecified atom stereocenters. The first kappa shape index (κ1) is 19.0. The molecule has 0 saturated carbocycles. The van der Waals surface area contributed by atoms with E-state index >= 15 is 0 Å². The maximum absolute atomic E-state index is 13.2. The molecule has 0 atom stereocenters. The van der Waals surface area contributed by atoms with Gasteiger partial charge in [-0.05, 0) is 44.0 Å². The summed E-state index contributed by atoms with van der Waals surface area (Å²) in [6.45, 7) is 3.12. The minimum Gasteiger partial charge on any atom is -0.466 e. The highest BCUT2D eigenvalue weighted by Gasteiger charge is 2.29. The van der Waals surface area contributed by atoms with Gasteiger partial charge in [-0.2, -0.15) is 0 Å². The van der Waals surface area contributed by atoms with Gasteiger partial charge in [0, 0.05) is 37.2 Å². The highest BCUT2D eigenvalue weighted by atomic mass is 19.1. The van der Waals surface area contributed by atoms with Gasteiger partial charge in [0.15, 0.2) is 5.65 Å². The molecule has 0 radical (unpaired) electrons. The Hall–Kier alpha value is -3.29. The van der Waals surface area contributed by atoms with Crippen LogP contribution in [0.2, 0.25) is 0 Å². The zero-order valence-corrected chi connectivity index (χ0v) is 16.0. The summed E-state index contributed by atoms with van der Waals surface area (Å²) < 4.78 is 20.0. The lowest BCUT2D eigenvalue weighted by molar-refractivity contribution is -0.149. The Balaban J connectivity index is 1.54. The van der Waals surface area contributed by atoms with Crippen LogP contribution in [-0.4, -0.2) is 50.8 Å². The molecule has 150 valence electrons. The van der Waals surface area contributed by atoms with Crippen molar-refractivity contribution in [2.24, 2.45) is 5.92 Å². The molecule has 3 heterocycles. The predicted octanol–water partition coefficient (Wildman–Crippen LogP) is 2.95. The second-order valence-electron chi connectivity index (χ2n) is 6.96. The second kappa shape index (κ2) is 7.98. The summed E-state index contributed by atoms with van der Waals surface area (Å²) in [6.07, 6.45) is 6.18. The van der Waals surface area contributed by atoms with Crippen LogP contribution < -0.4 is 0 Å². The maximum Gasteiger partial charge on any atom is 0.309 e. The molecular weight excluding hydrogens is 375 g/mol. The van der Waals surface area contributed by atoms with Crippen LogP contribution >= 0.6 is 0 Å². The number of ether oxygens (including phenoxy) is 1. The molecule has 1 aliphatic rings. The monoisotopic (exact) mass is 396 g/mol. The molecule has 29 heavy (non-hydrogen) atoms. The predicted molar refractivity (Wildman–Crippen MR) is 104 cm³/mol. The molecule has 2 aromatic heterocycles. The van der Waals surface area contributed by atoms with Gasteiger partial charge in [-0.25, -0.2) is 9.37 Å². The minimum absolute atomic E-state index is 0.158. The summed E-state index contributed by atoms with van der Waals surface area (Å²) in [5.74, 6) is -0.858. The average Bonchev–Trinajstić information content (AvgIpc) is 3.18. The Morgan fingerprint density at radius 1 is 1.21 bits per heavy atom. The van der Waals surface area contributed by atoms with E-state index in [0.717, 1.165) is 5.56 Å². The van der Waals surface area contributed by atoms with Gasteiger partial charge < -0.3 is 14.0 Å². The first-order chi connectivity index (χ1) is 14.1.